The first-order chi connectivity index (χ1) is 16.9. The van der Waals surface area contributed by atoms with Crippen molar-refractivity contribution in [3.05, 3.63) is 53.6 Å². The third kappa shape index (κ3) is 5.90. The zero-order valence-corrected chi connectivity index (χ0v) is 20.1. The highest BCUT2D eigenvalue weighted by molar-refractivity contribution is 5.96. The average molecular weight is 488 g/mol. The Morgan fingerprint density at radius 1 is 0.886 bits per heavy atom. The first-order valence-electron chi connectivity index (χ1n) is 11.9. The topological polar surface area (TPSA) is 71.1 Å². The summed E-state index contributed by atoms with van der Waals surface area (Å²) in [5, 5.41) is 3.03. The molecule has 2 aromatic rings. The van der Waals surface area contributed by atoms with E-state index in [2.05, 4.69) is 10.2 Å². The van der Waals surface area contributed by atoms with Crippen LogP contribution in [0.25, 0.3) is 0 Å². The van der Waals surface area contributed by atoms with Crippen molar-refractivity contribution in [1.29, 1.82) is 0 Å². The maximum absolute atomic E-state index is 13.6. The van der Waals surface area contributed by atoms with E-state index in [0.717, 1.165) is 43.9 Å². The van der Waals surface area contributed by atoms with Crippen LogP contribution in [0, 0.1) is 17.6 Å². The fourth-order valence-electron chi connectivity index (χ4n) is 5.11. The molecule has 188 valence electrons. The molecule has 1 aliphatic heterocycles. The minimum atomic E-state index is -0.779. The van der Waals surface area contributed by atoms with Crippen molar-refractivity contribution in [2.75, 3.05) is 45.7 Å². The largest absolute Gasteiger partial charge is 0.497 e. The fourth-order valence-corrected chi connectivity index (χ4v) is 5.11. The number of carbonyl (C=O) groups excluding carboxylic acids is 2. The molecule has 1 unspecified atom stereocenters. The molecular formula is C26H31F2N3O4. The number of rotatable bonds is 7. The van der Waals surface area contributed by atoms with Crippen LogP contribution in [0.3, 0.4) is 0 Å². The van der Waals surface area contributed by atoms with Gasteiger partial charge in [0.15, 0.2) is 0 Å². The van der Waals surface area contributed by atoms with Gasteiger partial charge in [-0.15, -0.1) is 0 Å². The molecule has 2 fully saturated rings. The first-order valence-corrected chi connectivity index (χ1v) is 11.9. The van der Waals surface area contributed by atoms with Crippen molar-refractivity contribution in [2.45, 2.75) is 31.7 Å². The Hall–Kier alpha value is -3.20. The van der Waals surface area contributed by atoms with Gasteiger partial charge < -0.3 is 19.7 Å². The Labute approximate surface area is 204 Å². The van der Waals surface area contributed by atoms with Crippen molar-refractivity contribution in [3.8, 4) is 11.5 Å². The van der Waals surface area contributed by atoms with Gasteiger partial charge in [0.1, 0.15) is 23.1 Å². The SMILES string of the molecule is COc1cc(NC(=O)C(C2CCCC2)N2CCN(C(=O)c3cc(F)cc(F)c3)CC2)cc(OC)c1. The number of ether oxygens (including phenoxy) is 2. The molecule has 2 amide bonds. The van der Waals surface area contributed by atoms with Crippen molar-refractivity contribution in [3.63, 3.8) is 0 Å². The number of methoxy groups -OCH3 is 2. The van der Waals surface area contributed by atoms with Crippen molar-refractivity contribution >= 4 is 17.5 Å². The zero-order valence-electron chi connectivity index (χ0n) is 20.1. The second-order valence-corrected chi connectivity index (χ2v) is 9.07. The predicted octanol–water partition coefficient (Wildman–Crippen LogP) is 3.94. The van der Waals surface area contributed by atoms with Gasteiger partial charge in [-0.05, 0) is 30.9 Å². The summed E-state index contributed by atoms with van der Waals surface area (Å²) < 4.78 is 37.8. The second kappa shape index (κ2) is 11.0. The van der Waals surface area contributed by atoms with Crippen LogP contribution in [-0.2, 0) is 4.79 Å². The predicted molar refractivity (Wildman–Crippen MR) is 128 cm³/mol. The van der Waals surface area contributed by atoms with E-state index in [1.54, 1.807) is 37.3 Å². The molecule has 1 saturated carbocycles. The number of hydrogen-bond acceptors (Lipinski definition) is 5. The minimum Gasteiger partial charge on any atom is -0.497 e. The molecule has 1 N–H and O–H groups in total. The Bertz CT molecular complexity index is 1020. The molecule has 2 aliphatic rings. The first kappa shape index (κ1) is 24.9. The molecule has 1 saturated heterocycles. The number of anilines is 1. The highest BCUT2D eigenvalue weighted by atomic mass is 19.1. The third-order valence-corrected chi connectivity index (χ3v) is 6.84. The molecule has 0 aromatic heterocycles. The van der Waals surface area contributed by atoms with Gasteiger partial charge in [0, 0.05) is 61.7 Å². The number of halogens is 2. The average Bonchev–Trinajstić information content (AvgIpc) is 3.37. The summed E-state index contributed by atoms with van der Waals surface area (Å²) in [5.41, 5.74) is 0.587. The van der Waals surface area contributed by atoms with Crippen LogP contribution >= 0.6 is 0 Å². The number of nitrogens with zero attached hydrogens (tertiary/aromatic N) is 2. The van der Waals surface area contributed by atoms with Gasteiger partial charge in [0.25, 0.3) is 5.91 Å². The van der Waals surface area contributed by atoms with Gasteiger partial charge in [-0.3, -0.25) is 14.5 Å². The summed E-state index contributed by atoms with van der Waals surface area (Å²) in [6.07, 6.45) is 4.12. The molecule has 9 heteroatoms. The summed E-state index contributed by atoms with van der Waals surface area (Å²) in [6, 6.07) is 7.76. The van der Waals surface area contributed by atoms with Crippen molar-refractivity contribution < 1.29 is 27.8 Å². The van der Waals surface area contributed by atoms with Crippen molar-refractivity contribution in [2.24, 2.45) is 5.92 Å². The monoisotopic (exact) mass is 487 g/mol. The third-order valence-electron chi connectivity index (χ3n) is 6.84. The number of nitrogens with one attached hydrogen (secondary N) is 1. The van der Waals surface area contributed by atoms with Crippen LogP contribution < -0.4 is 14.8 Å². The molecule has 1 heterocycles. The summed E-state index contributed by atoms with van der Waals surface area (Å²) >= 11 is 0. The van der Waals surface area contributed by atoms with E-state index in [0.29, 0.717) is 43.4 Å². The van der Waals surface area contributed by atoms with Crippen LogP contribution in [-0.4, -0.2) is 68.1 Å². The lowest BCUT2D eigenvalue weighted by molar-refractivity contribution is -0.123. The number of piperazine rings is 1. The normalized spacial score (nSPS) is 17.8. The Morgan fingerprint density at radius 3 is 2.00 bits per heavy atom. The number of carbonyl (C=O) groups is 2. The highest BCUT2D eigenvalue weighted by Crippen LogP contribution is 2.33. The maximum atomic E-state index is 13.6. The van der Waals surface area contributed by atoms with Crippen LogP contribution in [0.4, 0.5) is 14.5 Å². The van der Waals surface area contributed by atoms with Gasteiger partial charge in [-0.25, -0.2) is 8.78 Å². The molecule has 0 spiro atoms. The Morgan fingerprint density at radius 2 is 1.46 bits per heavy atom. The molecule has 35 heavy (non-hydrogen) atoms. The maximum Gasteiger partial charge on any atom is 0.254 e. The summed E-state index contributed by atoms with van der Waals surface area (Å²) in [7, 11) is 3.11. The van der Waals surface area contributed by atoms with E-state index in [9.17, 15) is 18.4 Å². The van der Waals surface area contributed by atoms with E-state index in [1.807, 2.05) is 0 Å². The lowest BCUT2D eigenvalue weighted by atomic mass is 9.94. The molecule has 1 atom stereocenters. The summed E-state index contributed by atoms with van der Waals surface area (Å²) in [4.78, 5) is 30.0. The van der Waals surface area contributed by atoms with Crippen LogP contribution in [0.5, 0.6) is 11.5 Å². The van der Waals surface area contributed by atoms with Gasteiger partial charge >= 0.3 is 0 Å². The van der Waals surface area contributed by atoms with Crippen LogP contribution in [0.1, 0.15) is 36.0 Å². The number of amides is 2. The molecule has 0 bridgehead atoms. The smallest absolute Gasteiger partial charge is 0.254 e. The van der Waals surface area contributed by atoms with E-state index in [-0.39, 0.29) is 23.4 Å². The van der Waals surface area contributed by atoms with E-state index >= 15 is 0 Å². The fraction of sp³-hybridized carbons (Fsp3) is 0.462. The Balaban J connectivity index is 1.46. The van der Waals surface area contributed by atoms with E-state index < -0.39 is 17.5 Å². The molecular weight excluding hydrogens is 456 g/mol. The van der Waals surface area contributed by atoms with Gasteiger partial charge in [0.2, 0.25) is 5.91 Å². The lowest BCUT2D eigenvalue weighted by Gasteiger charge is -2.40. The van der Waals surface area contributed by atoms with Crippen LogP contribution in [0.2, 0.25) is 0 Å². The van der Waals surface area contributed by atoms with E-state index in [4.69, 9.17) is 9.47 Å². The van der Waals surface area contributed by atoms with Crippen molar-refractivity contribution in [1.82, 2.24) is 9.80 Å². The lowest BCUT2D eigenvalue weighted by Crippen LogP contribution is -2.56. The van der Waals surface area contributed by atoms with E-state index in [1.165, 1.54) is 0 Å². The van der Waals surface area contributed by atoms with Gasteiger partial charge in [-0.1, -0.05) is 12.8 Å². The quantitative estimate of drug-likeness (QED) is 0.641. The Kier molecular flexibility index (Phi) is 7.85. The molecule has 1 aliphatic carbocycles. The van der Waals surface area contributed by atoms with Crippen LogP contribution in [0.15, 0.2) is 36.4 Å². The minimum absolute atomic E-state index is 0.00647. The summed E-state index contributed by atoms with van der Waals surface area (Å²) in [5.74, 6) is -0.677. The standard InChI is InChI=1S/C26H31F2N3O4/c1-34-22-14-21(15-23(16-22)35-2)29-25(32)24(17-5-3-4-6-17)30-7-9-31(10-8-30)26(33)18-11-19(27)13-20(28)12-18/h11-17,24H,3-10H2,1-2H3,(H,29,32). The highest BCUT2D eigenvalue weighted by Gasteiger charge is 2.37. The second-order valence-electron chi connectivity index (χ2n) is 9.07. The number of hydrogen-bond donors (Lipinski definition) is 1. The number of benzene rings is 2. The summed E-state index contributed by atoms with van der Waals surface area (Å²) in [6.45, 7) is 1.75. The molecule has 0 radical (unpaired) electrons. The molecule has 2 aromatic carbocycles. The van der Waals surface area contributed by atoms with Gasteiger partial charge in [-0.2, -0.15) is 0 Å². The van der Waals surface area contributed by atoms with Gasteiger partial charge in [0.05, 0.1) is 20.3 Å². The zero-order chi connectivity index (χ0) is 24.9. The molecule has 4 rings (SSSR count). The molecule has 7 nitrogen and oxygen atoms in total.